The number of aliphatic hydroxyl groups is 1. The van der Waals surface area contributed by atoms with Crippen molar-refractivity contribution >= 4 is 5.91 Å². The first-order valence-electron chi connectivity index (χ1n) is 8.62. The minimum absolute atomic E-state index is 0.0610. The zero-order valence-corrected chi connectivity index (χ0v) is 14.4. The van der Waals surface area contributed by atoms with Gasteiger partial charge in [0, 0.05) is 13.1 Å². The van der Waals surface area contributed by atoms with Crippen molar-refractivity contribution in [1.29, 1.82) is 0 Å². The lowest BCUT2D eigenvalue weighted by atomic mass is 9.74. The molecule has 1 saturated heterocycles. The van der Waals surface area contributed by atoms with E-state index in [1.807, 2.05) is 79.4 Å². The molecule has 1 heterocycles. The van der Waals surface area contributed by atoms with Gasteiger partial charge in [-0.2, -0.15) is 0 Å². The van der Waals surface area contributed by atoms with Crippen LogP contribution < -0.4 is 0 Å². The van der Waals surface area contributed by atoms with E-state index < -0.39 is 11.5 Å². The monoisotopic (exact) mass is 323 g/mol. The lowest BCUT2D eigenvalue weighted by Crippen LogP contribution is -2.52. The van der Waals surface area contributed by atoms with Crippen LogP contribution in [0.2, 0.25) is 0 Å². The van der Waals surface area contributed by atoms with Crippen molar-refractivity contribution in [3.8, 4) is 0 Å². The number of carbonyl (C=O) groups excluding carboxylic acids is 1. The summed E-state index contributed by atoms with van der Waals surface area (Å²) in [5.41, 5.74) is 1.21. The van der Waals surface area contributed by atoms with Crippen molar-refractivity contribution in [2.24, 2.45) is 5.92 Å². The van der Waals surface area contributed by atoms with Crippen LogP contribution in [0.5, 0.6) is 0 Å². The predicted molar refractivity (Wildman–Crippen MR) is 95.7 cm³/mol. The molecule has 126 valence electrons. The molecule has 0 saturated carbocycles. The van der Waals surface area contributed by atoms with Crippen LogP contribution in [0.25, 0.3) is 0 Å². The van der Waals surface area contributed by atoms with E-state index in [1.54, 1.807) is 0 Å². The van der Waals surface area contributed by atoms with Gasteiger partial charge < -0.3 is 10.0 Å². The highest BCUT2D eigenvalue weighted by Gasteiger charge is 2.41. The van der Waals surface area contributed by atoms with Gasteiger partial charge in [0.15, 0.2) is 0 Å². The van der Waals surface area contributed by atoms with Gasteiger partial charge in [0.1, 0.15) is 0 Å². The SMILES string of the molecule is CC1CCN(C(=O)C(C)(c2ccccc2)c2ccccc2)CC1O. The third kappa shape index (κ3) is 2.96. The Kier molecular flexibility index (Phi) is 4.72. The lowest BCUT2D eigenvalue weighted by molar-refractivity contribution is -0.139. The highest BCUT2D eigenvalue weighted by atomic mass is 16.3. The molecule has 0 radical (unpaired) electrons. The van der Waals surface area contributed by atoms with Gasteiger partial charge in [-0.25, -0.2) is 0 Å². The normalized spacial score (nSPS) is 21.5. The number of carbonyl (C=O) groups is 1. The summed E-state index contributed by atoms with van der Waals surface area (Å²) in [7, 11) is 0. The van der Waals surface area contributed by atoms with Gasteiger partial charge in [-0.1, -0.05) is 67.6 Å². The van der Waals surface area contributed by atoms with E-state index in [4.69, 9.17) is 0 Å². The Morgan fingerprint density at radius 2 is 1.54 bits per heavy atom. The number of hydrogen-bond acceptors (Lipinski definition) is 2. The van der Waals surface area contributed by atoms with Crippen LogP contribution >= 0.6 is 0 Å². The van der Waals surface area contributed by atoms with Gasteiger partial charge in [-0.3, -0.25) is 4.79 Å². The summed E-state index contributed by atoms with van der Waals surface area (Å²) < 4.78 is 0. The van der Waals surface area contributed by atoms with Gasteiger partial charge >= 0.3 is 0 Å². The van der Waals surface area contributed by atoms with Gasteiger partial charge in [0.25, 0.3) is 0 Å². The number of hydrogen-bond donors (Lipinski definition) is 1. The summed E-state index contributed by atoms with van der Waals surface area (Å²) in [4.78, 5) is 15.3. The average molecular weight is 323 g/mol. The molecule has 1 amide bonds. The third-order valence-electron chi connectivity index (χ3n) is 5.34. The van der Waals surface area contributed by atoms with Crippen LogP contribution in [0.4, 0.5) is 0 Å². The van der Waals surface area contributed by atoms with Crippen molar-refractivity contribution in [3.05, 3.63) is 71.8 Å². The van der Waals surface area contributed by atoms with Crippen molar-refractivity contribution in [2.75, 3.05) is 13.1 Å². The fourth-order valence-corrected chi connectivity index (χ4v) is 3.51. The number of amides is 1. The summed E-state index contributed by atoms with van der Waals surface area (Å²) in [6.45, 7) is 5.14. The summed E-state index contributed by atoms with van der Waals surface area (Å²) in [5, 5.41) is 10.2. The van der Waals surface area contributed by atoms with Crippen LogP contribution in [0.1, 0.15) is 31.4 Å². The number of nitrogens with zero attached hydrogens (tertiary/aromatic N) is 1. The summed E-state index contributed by atoms with van der Waals surface area (Å²) in [5.74, 6) is 0.305. The molecule has 1 aliphatic heterocycles. The highest BCUT2D eigenvalue weighted by molar-refractivity contribution is 5.91. The lowest BCUT2D eigenvalue weighted by Gasteiger charge is -2.40. The van der Waals surface area contributed by atoms with E-state index in [9.17, 15) is 9.90 Å². The molecule has 1 aliphatic rings. The zero-order valence-electron chi connectivity index (χ0n) is 14.4. The third-order valence-corrected chi connectivity index (χ3v) is 5.34. The molecular weight excluding hydrogens is 298 g/mol. The molecular formula is C21H25NO2. The largest absolute Gasteiger partial charge is 0.391 e. The first-order valence-corrected chi connectivity index (χ1v) is 8.62. The zero-order chi connectivity index (χ0) is 17.2. The summed E-state index contributed by atoms with van der Waals surface area (Å²) >= 11 is 0. The second-order valence-corrected chi connectivity index (χ2v) is 6.94. The molecule has 1 N–H and O–H groups in total. The highest BCUT2D eigenvalue weighted by Crippen LogP contribution is 2.35. The van der Waals surface area contributed by atoms with Crippen LogP contribution in [-0.4, -0.2) is 35.1 Å². The van der Waals surface area contributed by atoms with Crippen LogP contribution in [0.15, 0.2) is 60.7 Å². The van der Waals surface area contributed by atoms with Gasteiger partial charge in [0.05, 0.1) is 11.5 Å². The Labute approximate surface area is 143 Å². The fraction of sp³-hybridized carbons (Fsp3) is 0.381. The molecule has 3 nitrogen and oxygen atoms in total. The Bertz CT molecular complexity index is 644. The van der Waals surface area contributed by atoms with Crippen molar-refractivity contribution < 1.29 is 9.90 Å². The minimum atomic E-state index is -0.747. The number of aliphatic hydroxyl groups excluding tert-OH is 1. The number of benzene rings is 2. The molecule has 0 aliphatic carbocycles. The molecule has 24 heavy (non-hydrogen) atoms. The average Bonchev–Trinajstić information content (AvgIpc) is 2.64. The molecule has 1 fully saturated rings. The Balaban J connectivity index is 2.01. The van der Waals surface area contributed by atoms with Crippen molar-refractivity contribution in [1.82, 2.24) is 4.90 Å². The van der Waals surface area contributed by atoms with Crippen LogP contribution in [0.3, 0.4) is 0 Å². The summed E-state index contributed by atoms with van der Waals surface area (Å²) in [6.07, 6.45) is 0.394. The molecule has 2 aromatic rings. The van der Waals surface area contributed by atoms with Crippen LogP contribution in [-0.2, 0) is 10.2 Å². The molecule has 0 bridgehead atoms. The topological polar surface area (TPSA) is 40.5 Å². The quantitative estimate of drug-likeness (QED) is 0.942. The van der Waals surface area contributed by atoms with E-state index in [1.165, 1.54) is 0 Å². The predicted octanol–water partition coefficient (Wildman–Crippen LogP) is 3.22. The number of likely N-dealkylation sites (tertiary alicyclic amines) is 1. The first-order chi connectivity index (χ1) is 11.5. The molecule has 0 aromatic heterocycles. The standard InChI is InChI=1S/C21H25NO2/c1-16-13-14-22(15-19(16)23)20(24)21(2,17-9-5-3-6-10-17)18-11-7-4-8-12-18/h3-12,16,19,23H,13-15H2,1-2H3. The number of rotatable bonds is 3. The Morgan fingerprint density at radius 1 is 1.04 bits per heavy atom. The van der Waals surface area contributed by atoms with Crippen LogP contribution in [0, 0.1) is 5.92 Å². The first kappa shape index (κ1) is 16.7. The van der Waals surface area contributed by atoms with Gasteiger partial charge in [-0.15, -0.1) is 0 Å². The number of piperidine rings is 1. The number of β-amino-alcohol motifs (C(OH)–C–C–N with tert-alkyl or cyclic N) is 1. The maximum Gasteiger partial charge on any atom is 0.237 e. The summed E-state index contributed by atoms with van der Waals surface area (Å²) in [6, 6.07) is 19.8. The molecule has 0 spiro atoms. The van der Waals surface area contributed by atoms with E-state index in [2.05, 4.69) is 0 Å². The van der Waals surface area contributed by atoms with Gasteiger partial charge in [-0.05, 0) is 30.4 Å². The smallest absolute Gasteiger partial charge is 0.237 e. The Hall–Kier alpha value is -2.13. The van der Waals surface area contributed by atoms with Gasteiger partial charge in [0.2, 0.25) is 5.91 Å². The van der Waals surface area contributed by atoms with E-state index in [0.29, 0.717) is 13.1 Å². The maximum atomic E-state index is 13.5. The maximum absolute atomic E-state index is 13.5. The molecule has 3 heteroatoms. The second-order valence-electron chi connectivity index (χ2n) is 6.94. The van der Waals surface area contributed by atoms with E-state index >= 15 is 0 Å². The van der Waals surface area contributed by atoms with Crippen molar-refractivity contribution in [3.63, 3.8) is 0 Å². The second kappa shape index (κ2) is 6.78. The molecule has 2 unspecified atom stereocenters. The van der Waals surface area contributed by atoms with Crippen molar-refractivity contribution in [2.45, 2.75) is 31.8 Å². The van der Waals surface area contributed by atoms with E-state index in [0.717, 1.165) is 17.5 Å². The molecule has 3 rings (SSSR count). The molecule has 2 atom stereocenters. The fourth-order valence-electron chi connectivity index (χ4n) is 3.51. The van der Waals surface area contributed by atoms with E-state index in [-0.39, 0.29) is 11.8 Å². The minimum Gasteiger partial charge on any atom is -0.391 e. The molecule has 2 aromatic carbocycles. The Morgan fingerprint density at radius 3 is 2.00 bits per heavy atom.